The lowest BCUT2D eigenvalue weighted by Gasteiger charge is -2.10. The second-order valence-electron chi connectivity index (χ2n) is 6.35. The predicted octanol–water partition coefficient (Wildman–Crippen LogP) is 4.18. The molecule has 3 aromatic carbocycles. The number of hydrazone groups is 1. The SMILES string of the molecule is O=C(Nc1ccccc1C(=O)N/N=C/c1c[nH]c2ccccc12)c1ccccc1. The molecule has 0 aliphatic heterocycles. The summed E-state index contributed by atoms with van der Waals surface area (Å²) in [5.41, 5.74) is 5.64. The van der Waals surface area contributed by atoms with Crippen LogP contribution >= 0.6 is 0 Å². The second-order valence-corrected chi connectivity index (χ2v) is 6.35. The van der Waals surface area contributed by atoms with Gasteiger partial charge in [-0.15, -0.1) is 0 Å². The summed E-state index contributed by atoms with van der Waals surface area (Å²) < 4.78 is 0. The lowest BCUT2D eigenvalue weighted by Crippen LogP contribution is -2.21. The number of benzene rings is 3. The van der Waals surface area contributed by atoms with Crippen LogP contribution in [0.2, 0.25) is 0 Å². The molecule has 0 aliphatic rings. The average molecular weight is 382 g/mol. The Morgan fingerprint density at radius 3 is 2.41 bits per heavy atom. The van der Waals surface area contributed by atoms with E-state index in [1.54, 1.807) is 54.7 Å². The largest absolute Gasteiger partial charge is 0.361 e. The number of amides is 2. The Bertz CT molecular complexity index is 1200. The predicted molar refractivity (Wildman–Crippen MR) is 114 cm³/mol. The molecule has 1 aromatic heterocycles. The first kappa shape index (κ1) is 18.2. The smallest absolute Gasteiger partial charge is 0.273 e. The summed E-state index contributed by atoms with van der Waals surface area (Å²) in [7, 11) is 0. The summed E-state index contributed by atoms with van der Waals surface area (Å²) in [6.45, 7) is 0. The molecule has 0 saturated carbocycles. The van der Waals surface area contributed by atoms with Crippen molar-refractivity contribution in [2.75, 3.05) is 5.32 Å². The van der Waals surface area contributed by atoms with Crippen molar-refractivity contribution in [1.82, 2.24) is 10.4 Å². The number of aromatic nitrogens is 1. The average Bonchev–Trinajstić information content (AvgIpc) is 3.18. The zero-order valence-electron chi connectivity index (χ0n) is 15.4. The molecule has 0 aliphatic carbocycles. The van der Waals surface area contributed by atoms with E-state index in [0.29, 0.717) is 16.8 Å². The molecule has 0 saturated heterocycles. The summed E-state index contributed by atoms with van der Waals surface area (Å²) in [6, 6.07) is 23.5. The Hall–Kier alpha value is -4.19. The highest BCUT2D eigenvalue weighted by atomic mass is 16.2. The van der Waals surface area contributed by atoms with E-state index in [1.165, 1.54) is 0 Å². The molecule has 0 spiro atoms. The summed E-state index contributed by atoms with van der Waals surface area (Å²) >= 11 is 0. The third-order valence-corrected chi connectivity index (χ3v) is 4.45. The van der Waals surface area contributed by atoms with Gasteiger partial charge in [0.05, 0.1) is 17.5 Å². The van der Waals surface area contributed by atoms with Gasteiger partial charge < -0.3 is 10.3 Å². The lowest BCUT2D eigenvalue weighted by molar-refractivity contribution is 0.0956. The first-order valence-corrected chi connectivity index (χ1v) is 9.07. The fraction of sp³-hybridized carbons (Fsp3) is 0. The van der Waals surface area contributed by atoms with Crippen molar-refractivity contribution in [2.24, 2.45) is 5.10 Å². The van der Waals surface area contributed by atoms with Crippen molar-refractivity contribution in [2.45, 2.75) is 0 Å². The van der Waals surface area contributed by atoms with Crippen molar-refractivity contribution in [3.8, 4) is 0 Å². The van der Waals surface area contributed by atoms with Crippen LogP contribution in [0.4, 0.5) is 5.69 Å². The molecule has 29 heavy (non-hydrogen) atoms. The number of para-hydroxylation sites is 2. The van der Waals surface area contributed by atoms with E-state index in [4.69, 9.17) is 0 Å². The normalized spacial score (nSPS) is 10.9. The molecule has 0 unspecified atom stereocenters. The van der Waals surface area contributed by atoms with Crippen LogP contribution in [0, 0.1) is 0 Å². The number of carbonyl (C=O) groups is 2. The van der Waals surface area contributed by atoms with Crippen LogP contribution in [0.15, 0.2) is 90.2 Å². The van der Waals surface area contributed by atoms with Crippen LogP contribution < -0.4 is 10.7 Å². The number of rotatable bonds is 5. The standard InChI is InChI=1S/C23H18N4O2/c28-22(16-8-2-1-3-9-16)26-21-13-7-5-11-19(21)23(29)27-25-15-17-14-24-20-12-6-4-10-18(17)20/h1-15,24H,(H,26,28)(H,27,29)/b25-15+. The van der Waals surface area contributed by atoms with Crippen molar-refractivity contribution >= 4 is 34.6 Å². The molecule has 6 heteroatoms. The van der Waals surface area contributed by atoms with Crippen LogP contribution in [0.1, 0.15) is 26.3 Å². The molecular formula is C23H18N4O2. The van der Waals surface area contributed by atoms with Gasteiger partial charge in [0, 0.05) is 28.2 Å². The third kappa shape index (κ3) is 4.06. The first-order valence-electron chi connectivity index (χ1n) is 9.07. The Labute approximate surface area is 167 Å². The number of carbonyl (C=O) groups excluding carboxylic acids is 2. The molecule has 3 N–H and O–H groups in total. The highest BCUT2D eigenvalue weighted by molar-refractivity contribution is 6.09. The molecule has 0 radical (unpaired) electrons. The minimum Gasteiger partial charge on any atom is -0.361 e. The van der Waals surface area contributed by atoms with Crippen LogP contribution in [0.25, 0.3) is 10.9 Å². The zero-order chi connectivity index (χ0) is 20.1. The van der Waals surface area contributed by atoms with Gasteiger partial charge in [-0.25, -0.2) is 5.43 Å². The Morgan fingerprint density at radius 2 is 1.55 bits per heavy atom. The molecule has 0 fully saturated rings. The Kier molecular flexibility index (Phi) is 5.16. The van der Waals surface area contributed by atoms with E-state index in [0.717, 1.165) is 16.5 Å². The number of hydrogen-bond donors (Lipinski definition) is 3. The fourth-order valence-electron chi connectivity index (χ4n) is 3.00. The molecular weight excluding hydrogens is 364 g/mol. The fourth-order valence-corrected chi connectivity index (χ4v) is 3.00. The summed E-state index contributed by atoms with van der Waals surface area (Å²) in [5.74, 6) is -0.696. The van der Waals surface area contributed by atoms with Gasteiger partial charge in [-0.05, 0) is 30.3 Å². The van der Waals surface area contributed by atoms with Gasteiger partial charge in [-0.1, -0.05) is 48.5 Å². The van der Waals surface area contributed by atoms with E-state index in [2.05, 4.69) is 20.8 Å². The highest BCUT2D eigenvalue weighted by Gasteiger charge is 2.13. The molecule has 6 nitrogen and oxygen atoms in total. The van der Waals surface area contributed by atoms with Gasteiger partial charge in [0.2, 0.25) is 0 Å². The second kappa shape index (κ2) is 8.22. The summed E-state index contributed by atoms with van der Waals surface area (Å²) in [6.07, 6.45) is 3.41. The number of H-pyrrole nitrogens is 1. The number of anilines is 1. The number of aromatic amines is 1. The summed E-state index contributed by atoms with van der Waals surface area (Å²) in [4.78, 5) is 28.2. The quantitative estimate of drug-likeness (QED) is 0.357. The van der Waals surface area contributed by atoms with Crippen molar-refractivity contribution in [1.29, 1.82) is 0 Å². The topological polar surface area (TPSA) is 86.3 Å². The van der Waals surface area contributed by atoms with E-state index in [-0.39, 0.29) is 5.91 Å². The van der Waals surface area contributed by atoms with Gasteiger partial charge in [-0.2, -0.15) is 5.10 Å². The number of nitrogens with one attached hydrogen (secondary N) is 3. The highest BCUT2D eigenvalue weighted by Crippen LogP contribution is 2.17. The van der Waals surface area contributed by atoms with Crippen molar-refractivity contribution in [3.05, 3.63) is 102 Å². The monoisotopic (exact) mass is 382 g/mol. The van der Waals surface area contributed by atoms with E-state index >= 15 is 0 Å². The van der Waals surface area contributed by atoms with Gasteiger partial charge >= 0.3 is 0 Å². The number of hydrogen-bond acceptors (Lipinski definition) is 3. The van der Waals surface area contributed by atoms with Crippen LogP contribution in [-0.2, 0) is 0 Å². The van der Waals surface area contributed by atoms with Crippen LogP contribution in [-0.4, -0.2) is 23.0 Å². The van der Waals surface area contributed by atoms with E-state index in [1.807, 2.05) is 36.5 Å². The number of fused-ring (bicyclic) bond motifs is 1. The maximum absolute atomic E-state index is 12.6. The lowest BCUT2D eigenvalue weighted by atomic mass is 10.1. The zero-order valence-corrected chi connectivity index (χ0v) is 15.4. The maximum atomic E-state index is 12.6. The maximum Gasteiger partial charge on any atom is 0.273 e. The van der Waals surface area contributed by atoms with Gasteiger partial charge in [0.25, 0.3) is 11.8 Å². The Balaban J connectivity index is 1.48. The molecule has 0 atom stereocenters. The van der Waals surface area contributed by atoms with Crippen LogP contribution in [0.5, 0.6) is 0 Å². The van der Waals surface area contributed by atoms with Crippen molar-refractivity contribution < 1.29 is 9.59 Å². The molecule has 4 rings (SSSR count). The molecule has 0 bridgehead atoms. The third-order valence-electron chi connectivity index (χ3n) is 4.45. The Morgan fingerprint density at radius 1 is 0.828 bits per heavy atom. The van der Waals surface area contributed by atoms with Crippen molar-refractivity contribution in [3.63, 3.8) is 0 Å². The number of nitrogens with zero attached hydrogens (tertiary/aromatic N) is 1. The van der Waals surface area contributed by atoms with E-state index in [9.17, 15) is 9.59 Å². The summed E-state index contributed by atoms with van der Waals surface area (Å²) in [5, 5.41) is 7.86. The van der Waals surface area contributed by atoms with Crippen LogP contribution in [0.3, 0.4) is 0 Å². The molecule has 1 heterocycles. The van der Waals surface area contributed by atoms with Gasteiger partial charge in [0.15, 0.2) is 0 Å². The van der Waals surface area contributed by atoms with E-state index < -0.39 is 5.91 Å². The molecule has 142 valence electrons. The minimum absolute atomic E-state index is 0.284. The molecule has 2 amide bonds. The minimum atomic E-state index is -0.412. The molecule has 4 aromatic rings. The first-order chi connectivity index (χ1) is 14.2. The van der Waals surface area contributed by atoms with Gasteiger partial charge in [0.1, 0.15) is 0 Å². The van der Waals surface area contributed by atoms with Gasteiger partial charge in [-0.3, -0.25) is 9.59 Å².